The first kappa shape index (κ1) is 39.0. The topological polar surface area (TPSA) is 108 Å². The molecule has 0 aromatic heterocycles. The smallest absolute Gasteiger partial charge is 0.225 e. The maximum absolute atomic E-state index is 13.9. The Morgan fingerprint density at radius 1 is 1.07 bits per heavy atom. The molecule has 2 aliphatic rings. The predicted octanol–water partition coefficient (Wildman–Crippen LogP) is 4.98. The molecule has 0 bridgehead atoms. The molecule has 9 nitrogen and oxygen atoms in total. The van der Waals surface area contributed by atoms with Crippen molar-refractivity contribution in [3.8, 4) is 0 Å². The molecule has 1 aliphatic heterocycles. The average Bonchev–Trinajstić information content (AvgIpc) is 3.47. The standard InChI is InChI=1S/C36H63N3O6/c1-13-23(5)33(38(10)31(40)17-21(2)3)30(44-11)20-32(41)39-16-14-15-29(39)35(45-12)26(8)36(43)37-27(9)34(42)28-19-22(4)18-24(6)25(28)7/h18-19,21-23,25-27,29-30,33-35,42H,13-17,20H2,1-12H3,(H,37,43)/t22?,23-,25?,26+,27+,29-,30+,33-,34+,35+/m0/s1. The van der Waals surface area contributed by atoms with Gasteiger partial charge >= 0.3 is 0 Å². The highest BCUT2D eigenvalue weighted by Gasteiger charge is 2.42. The van der Waals surface area contributed by atoms with Gasteiger partial charge in [-0.05, 0) is 50.0 Å². The number of rotatable bonds is 16. The Morgan fingerprint density at radius 2 is 1.71 bits per heavy atom. The van der Waals surface area contributed by atoms with Crippen LogP contribution in [0.1, 0.15) is 94.4 Å². The highest BCUT2D eigenvalue weighted by atomic mass is 16.5. The van der Waals surface area contributed by atoms with Crippen molar-refractivity contribution in [1.29, 1.82) is 0 Å². The van der Waals surface area contributed by atoms with E-state index in [9.17, 15) is 19.5 Å². The van der Waals surface area contributed by atoms with Crippen molar-refractivity contribution in [3.05, 3.63) is 23.3 Å². The third kappa shape index (κ3) is 9.88. The molecule has 1 saturated heterocycles. The fourth-order valence-electron chi connectivity index (χ4n) is 7.21. The van der Waals surface area contributed by atoms with E-state index in [1.807, 2.05) is 39.6 Å². The lowest BCUT2D eigenvalue weighted by Gasteiger charge is -2.39. The van der Waals surface area contributed by atoms with Gasteiger partial charge in [-0.2, -0.15) is 0 Å². The zero-order valence-electron chi connectivity index (χ0n) is 30.1. The number of carbonyl (C=O) groups is 3. The van der Waals surface area contributed by atoms with Crippen LogP contribution in [0.4, 0.5) is 0 Å². The van der Waals surface area contributed by atoms with E-state index in [-0.39, 0.29) is 59.9 Å². The fourth-order valence-corrected chi connectivity index (χ4v) is 7.21. The number of methoxy groups -OCH3 is 2. The summed E-state index contributed by atoms with van der Waals surface area (Å²) >= 11 is 0. The van der Waals surface area contributed by atoms with Crippen molar-refractivity contribution < 1.29 is 29.0 Å². The van der Waals surface area contributed by atoms with Crippen molar-refractivity contribution >= 4 is 17.7 Å². The number of carbonyl (C=O) groups excluding carboxylic acids is 3. The van der Waals surface area contributed by atoms with Crippen LogP contribution in [0, 0.1) is 29.6 Å². The molecular weight excluding hydrogens is 570 g/mol. The van der Waals surface area contributed by atoms with Gasteiger partial charge in [0.2, 0.25) is 17.7 Å². The molecular formula is C36H63N3O6. The van der Waals surface area contributed by atoms with E-state index in [0.29, 0.717) is 13.0 Å². The fraction of sp³-hybridized carbons (Fsp3) is 0.806. The van der Waals surface area contributed by atoms with Crippen LogP contribution in [0.15, 0.2) is 23.3 Å². The molecule has 2 rings (SSSR count). The zero-order chi connectivity index (χ0) is 34.2. The van der Waals surface area contributed by atoms with Gasteiger partial charge in [-0.15, -0.1) is 0 Å². The quantitative estimate of drug-likeness (QED) is 0.232. The van der Waals surface area contributed by atoms with Crippen LogP contribution in [0.3, 0.4) is 0 Å². The number of amides is 3. The van der Waals surface area contributed by atoms with E-state index in [1.54, 1.807) is 19.1 Å². The first-order chi connectivity index (χ1) is 21.1. The third-order valence-corrected chi connectivity index (χ3v) is 10.2. The molecule has 0 radical (unpaired) electrons. The van der Waals surface area contributed by atoms with Gasteiger partial charge in [-0.1, -0.05) is 72.6 Å². The summed E-state index contributed by atoms with van der Waals surface area (Å²) in [6.07, 6.45) is 5.49. The second-order valence-corrected chi connectivity index (χ2v) is 14.1. The van der Waals surface area contributed by atoms with Gasteiger partial charge in [0, 0.05) is 40.2 Å². The number of aliphatic hydroxyl groups is 1. The molecule has 10 atom stereocenters. The van der Waals surface area contributed by atoms with Crippen LogP contribution in [0.5, 0.6) is 0 Å². The first-order valence-electron chi connectivity index (χ1n) is 17.1. The van der Waals surface area contributed by atoms with E-state index in [1.165, 1.54) is 5.57 Å². The Balaban J connectivity index is 2.16. The number of hydrogen-bond donors (Lipinski definition) is 2. The van der Waals surface area contributed by atoms with Crippen LogP contribution in [-0.4, -0.2) is 96.9 Å². The maximum Gasteiger partial charge on any atom is 0.225 e. The molecule has 2 N–H and O–H groups in total. The van der Waals surface area contributed by atoms with Crippen molar-refractivity contribution in [2.45, 2.75) is 131 Å². The summed E-state index contributed by atoms with van der Waals surface area (Å²) < 4.78 is 11.8. The summed E-state index contributed by atoms with van der Waals surface area (Å²) in [5.74, 6) is -0.0470. The molecule has 45 heavy (non-hydrogen) atoms. The summed E-state index contributed by atoms with van der Waals surface area (Å²) in [5, 5.41) is 14.2. The summed E-state index contributed by atoms with van der Waals surface area (Å²) in [6.45, 7) is 18.7. The normalized spacial score (nSPS) is 25.0. The van der Waals surface area contributed by atoms with Crippen LogP contribution in [0.2, 0.25) is 0 Å². The van der Waals surface area contributed by atoms with E-state index in [2.05, 4.69) is 52.1 Å². The lowest BCUT2D eigenvalue weighted by Crippen LogP contribution is -2.54. The van der Waals surface area contributed by atoms with Gasteiger partial charge in [-0.3, -0.25) is 14.4 Å². The molecule has 0 spiro atoms. The predicted molar refractivity (Wildman–Crippen MR) is 179 cm³/mol. The minimum atomic E-state index is -0.803. The van der Waals surface area contributed by atoms with Crippen molar-refractivity contribution in [2.24, 2.45) is 29.6 Å². The highest BCUT2D eigenvalue weighted by Crippen LogP contribution is 2.32. The Morgan fingerprint density at radius 3 is 2.27 bits per heavy atom. The summed E-state index contributed by atoms with van der Waals surface area (Å²) in [6, 6.07) is -0.990. The van der Waals surface area contributed by atoms with Gasteiger partial charge in [0.15, 0.2) is 0 Å². The zero-order valence-corrected chi connectivity index (χ0v) is 30.1. The van der Waals surface area contributed by atoms with Crippen LogP contribution >= 0.6 is 0 Å². The number of aliphatic hydroxyl groups excluding tert-OH is 1. The number of nitrogens with zero attached hydrogens (tertiary/aromatic N) is 2. The van der Waals surface area contributed by atoms with Crippen LogP contribution in [-0.2, 0) is 23.9 Å². The second-order valence-electron chi connectivity index (χ2n) is 14.1. The molecule has 2 unspecified atom stereocenters. The molecule has 3 amide bonds. The van der Waals surface area contributed by atoms with E-state index in [4.69, 9.17) is 9.47 Å². The minimum absolute atomic E-state index is 0.0535. The van der Waals surface area contributed by atoms with Crippen molar-refractivity contribution in [2.75, 3.05) is 27.8 Å². The number of likely N-dealkylation sites (N-methyl/N-ethyl adjacent to an activating group) is 1. The number of allylic oxidation sites excluding steroid dienone is 3. The van der Waals surface area contributed by atoms with E-state index in [0.717, 1.165) is 24.8 Å². The maximum atomic E-state index is 13.9. The number of hydrogen-bond acceptors (Lipinski definition) is 6. The second kappa shape index (κ2) is 17.6. The van der Waals surface area contributed by atoms with Gasteiger partial charge in [0.1, 0.15) is 0 Å². The Kier molecular flexibility index (Phi) is 15.3. The molecule has 1 aliphatic carbocycles. The number of nitrogens with one attached hydrogen (secondary N) is 1. The molecule has 1 fully saturated rings. The molecule has 9 heteroatoms. The van der Waals surface area contributed by atoms with Gasteiger partial charge < -0.3 is 29.7 Å². The Bertz CT molecular complexity index is 1060. The van der Waals surface area contributed by atoms with Crippen LogP contribution < -0.4 is 5.32 Å². The monoisotopic (exact) mass is 633 g/mol. The lowest BCUT2D eigenvalue weighted by molar-refractivity contribution is -0.146. The summed E-state index contributed by atoms with van der Waals surface area (Å²) in [4.78, 5) is 44.1. The Hall–Kier alpha value is -2.23. The van der Waals surface area contributed by atoms with E-state index < -0.39 is 30.3 Å². The van der Waals surface area contributed by atoms with Gasteiger partial charge in [0.05, 0.1) is 48.8 Å². The summed E-state index contributed by atoms with van der Waals surface area (Å²) in [5.41, 5.74) is 2.15. The highest BCUT2D eigenvalue weighted by molar-refractivity contribution is 5.81. The van der Waals surface area contributed by atoms with Crippen LogP contribution in [0.25, 0.3) is 0 Å². The van der Waals surface area contributed by atoms with Crippen molar-refractivity contribution in [3.63, 3.8) is 0 Å². The average molecular weight is 634 g/mol. The third-order valence-electron chi connectivity index (χ3n) is 10.2. The molecule has 0 aromatic carbocycles. The molecule has 0 saturated carbocycles. The lowest BCUT2D eigenvalue weighted by atomic mass is 9.80. The van der Waals surface area contributed by atoms with E-state index >= 15 is 0 Å². The van der Waals surface area contributed by atoms with Gasteiger partial charge in [-0.25, -0.2) is 0 Å². The SMILES string of the molecule is CC[C@H](C)[C@@H]([C@@H](CC(=O)N1CCC[C@H]1[C@H](OC)[C@@H](C)C(=O)N[C@H](C)[C@@H](O)C1=CC(C)C=C(C)C1C)OC)N(C)C(=O)CC(C)C. The number of ether oxygens (including phenoxy) is 2. The molecule has 0 aromatic rings. The molecule has 258 valence electrons. The van der Waals surface area contributed by atoms with Crippen molar-refractivity contribution in [1.82, 2.24) is 15.1 Å². The first-order valence-corrected chi connectivity index (χ1v) is 17.1. The summed E-state index contributed by atoms with van der Waals surface area (Å²) in [7, 11) is 5.02. The minimum Gasteiger partial charge on any atom is -0.387 e. The molecule has 1 heterocycles. The van der Waals surface area contributed by atoms with Gasteiger partial charge in [0.25, 0.3) is 0 Å². The largest absolute Gasteiger partial charge is 0.387 e. The Labute approximate surface area is 273 Å². The number of likely N-dealkylation sites (tertiary alicyclic amines) is 1.